The summed E-state index contributed by atoms with van der Waals surface area (Å²) in [5.41, 5.74) is 0.353. The van der Waals surface area contributed by atoms with E-state index in [0.717, 1.165) is 0 Å². The van der Waals surface area contributed by atoms with Crippen molar-refractivity contribution in [2.45, 2.75) is 13.2 Å². The van der Waals surface area contributed by atoms with Crippen LogP contribution < -0.4 is 10.1 Å². The number of hydrogen-bond acceptors (Lipinski definition) is 6. The molecule has 0 aliphatic carbocycles. The second-order valence-electron chi connectivity index (χ2n) is 4.02. The van der Waals surface area contributed by atoms with Crippen molar-refractivity contribution >= 4 is 0 Å². The molecule has 2 rings (SSSR count). The fourth-order valence-corrected chi connectivity index (χ4v) is 1.71. The Bertz CT molecular complexity index is 564. The van der Waals surface area contributed by atoms with Crippen LogP contribution in [0.2, 0.25) is 0 Å². The zero-order chi connectivity index (χ0) is 15.1. The number of ether oxygens (including phenoxy) is 2. The average molecular weight is 299 g/mol. The molecule has 7 nitrogen and oxygen atoms in total. The van der Waals surface area contributed by atoms with Gasteiger partial charge in [-0.2, -0.15) is 13.5 Å². The third-order valence-corrected chi connectivity index (χ3v) is 2.61. The number of hydrogen-bond donors (Lipinski definition) is 1. The molecule has 0 aliphatic heterocycles. The molecular formula is C12H15F2N5O2. The van der Waals surface area contributed by atoms with Gasteiger partial charge in [-0.1, -0.05) is 12.1 Å². The molecule has 0 spiro atoms. The Labute approximate surface area is 119 Å². The second kappa shape index (κ2) is 7.60. The SMILES string of the molecule is COCCNCc1nnnn1-c1ccccc1OC(F)F. The van der Waals surface area contributed by atoms with Gasteiger partial charge in [0.15, 0.2) is 11.6 Å². The van der Waals surface area contributed by atoms with E-state index < -0.39 is 6.61 Å². The smallest absolute Gasteiger partial charge is 0.387 e. The van der Waals surface area contributed by atoms with E-state index in [4.69, 9.17) is 4.74 Å². The number of halogens is 2. The third kappa shape index (κ3) is 4.17. The number of tetrazole rings is 1. The molecule has 0 bridgehead atoms. The molecule has 0 fully saturated rings. The zero-order valence-corrected chi connectivity index (χ0v) is 11.4. The predicted molar refractivity (Wildman–Crippen MR) is 69.4 cm³/mol. The largest absolute Gasteiger partial charge is 0.433 e. The number of methoxy groups -OCH3 is 1. The van der Waals surface area contributed by atoms with Gasteiger partial charge in [-0.15, -0.1) is 5.10 Å². The van der Waals surface area contributed by atoms with Crippen molar-refractivity contribution in [3.8, 4) is 11.4 Å². The summed E-state index contributed by atoms with van der Waals surface area (Å²) in [5, 5.41) is 14.3. The summed E-state index contributed by atoms with van der Waals surface area (Å²) < 4.78 is 35.6. The first-order valence-electron chi connectivity index (χ1n) is 6.23. The molecule has 0 amide bonds. The van der Waals surface area contributed by atoms with Crippen molar-refractivity contribution in [3.05, 3.63) is 30.1 Å². The van der Waals surface area contributed by atoms with Crippen molar-refractivity contribution in [1.29, 1.82) is 0 Å². The standard InChI is InChI=1S/C12H15F2N5O2/c1-20-7-6-15-8-11-16-17-18-19(11)9-4-2-3-5-10(9)21-12(13)14/h2-5,12,15H,6-8H2,1H3. The molecule has 21 heavy (non-hydrogen) atoms. The topological polar surface area (TPSA) is 74.1 Å². The van der Waals surface area contributed by atoms with E-state index in [1.54, 1.807) is 25.3 Å². The molecule has 114 valence electrons. The average Bonchev–Trinajstić information content (AvgIpc) is 2.92. The predicted octanol–water partition coefficient (Wildman–Crippen LogP) is 1.000. The highest BCUT2D eigenvalue weighted by Gasteiger charge is 2.15. The fraction of sp³-hybridized carbons (Fsp3) is 0.417. The highest BCUT2D eigenvalue weighted by Crippen LogP contribution is 2.24. The Morgan fingerprint density at radius 1 is 1.33 bits per heavy atom. The summed E-state index contributed by atoms with van der Waals surface area (Å²) in [6.07, 6.45) is 0. The van der Waals surface area contributed by atoms with Crippen LogP contribution in [0, 0.1) is 0 Å². The summed E-state index contributed by atoms with van der Waals surface area (Å²) in [5.74, 6) is 0.495. The van der Waals surface area contributed by atoms with Gasteiger partial charge >= 0.3 is 6.61 Å². The minimum Gasteiger partial charge on any atom is -0.433 e. The first kappa shape index (κ1) is 15.3. The van der Waals surface area contributed by atoms with Crippen molar-refractivity contribution in [1.82, 2.24) is 25.5 Å². The van der Waals surface area contributed by atoms with E-state index in [9.17, 15) is 8.78 Å². The van der Waals surface area contributed by atoms with Gasteiger partial charge < -0.3 is 14.8 Å². The minimum atomic E-state index is -2.91. The van der Waals surface area contributed by atoms with Crippen molar-refractivity contribution in [3.63, 3.8) is 0 Å². The number of alkyl halides is 2. The maximum atomic E-state index is 12.4. The van der Waals surface area contributed by atoms with Crippen molar-refractivity contribution < 1.29 is 18.3 Å². The highest BCUT2D eigenvalue weighted by atomic mass is 19.3. The number of nitrogens with one attached hydrogen (secondary N) is 1. The molecular weight excluding hydrogens is 284 g/mol. The summed E-state index contributed by atoms with van der Waals surface area (Å²) in [6.45, 7) is -1.37. The Morgan fingerprint density at radius 3 is 2.90 bits per heavy atom. The number of aromatic nitrogens is 4. The van der Waals surface area contributed by atoms with Crippen LogP contribution in [0.1, 0.15) is 5.82 Å². The Morgan fingerprint density at radius 2 is 2.14 bits per heavy atom. The minimum absolute atomic E-state index is 0.0120. The zero-order valence-electron chi connectivity index (χ0n) is 11.4. The van der Waals surface area contributed by atoms with Crippen LogP contribution in [-0.4, -0.2) is 47.1 Å². The molecule has 9 heteroatoms. The lowest BCUT2D eigenvalue weighted by molar-refractivity contribution is -0.0499. The number of para-hydroxylation sites is 2. The van der Waals surface area contributed by atoms with E-state index in [0.29, 0.717) is 31.2 Å². The summed E-state index contributed by atoms with van der Waals surface area (Å²) >= 11 is 0. The first-order chi connectivity index (χ1) is 10.2. The molecule has 0 atom stereocenters. The number of rotatable bonds is 8. The Hall–Kier alpha value is -2.13. The van der Waals surface area contributed by atoms with Crippen LogP contribution in [0.3, 0.4) is 0 Å². The van der Waals surface area contributed by atoms with Gasteiger partial charge in [-0.25, -0.2) is 0 Å². The lowest BCUT2D eigenvalue weighted by atomic mass is 10.3. The van der Waals surface area contributed by atoms with E-state index >= 15 is 0 Å². The molecule has 1 N–H and O–H groups in total. The van der Waals surface area contributed by atoms with Crippen LogP contribution >= 0.6 is 0 Å². The molecule has 0 saturated carbocycles. The fourth-order valence-electron chi connectivity index (χ4n) is 1.71. The molecule has 0 aliphatic rings. The van der Waals surface area contributed by atoms with Crippen LogP contribution in [0.25, 0.3) is 5.69 Å². The highest BCUT2D eigenvalue weighted by molar-refractivity contribution is 5.46. The van der Waals surface area contributed by atoms with Crippen molar-refractivity contribution in [2.24, 2.45) is 0 Å². The lowest BCUT2D eigenvalue weighted by Crippen LogP contribution is -2.21. The van der Waals surface area contributed by atoms with Gasteiger partial charge in [0.1, 0.15) is 5.69 Å². The van der Waals surface area contributed by atoms with Gasteiger partial charge in [0, 0.05) is 13.7 Å². The molecule has 1 aromatic heterocycles. The first-order valence-corrected chi connectivity index (χ1v) is 6.23. The molecule has 0 radical (unpaired) electrons. The number of nitrogens with zero attached hydrogens (tertiary/aromatic N) is 4. The normalized spacial score (nSPS) is 11.0. The molecule has 0 saturated heterocycles. The maximum absolute atomic E-state index is 12.4. The lowest BCUT2D eigenvalue weighted by Gasteiger charge is -2.11. The van der Waals surface area contributed by atoms with Gasteiger partial charge in [-0.05, 0) is 22.6 Å². The van der Waals surface area contributed by atoms with Crippen LogP contribution in [0.15, 0.2) is 24.3 Å². The van der Waals surface area contributed by atoms with Gasteiger partial charge in [0.2, 0.25) is 0 Å². The summed E-state index contributed by atoms with van der Waals surface area (Å²) in [7, 11) is 1.60. The molecule has 2 aromatic rings. The van der Waals surface area contributed by atoms with Crippen LogP contribution in [0.5, 0.6) is 5.75 Å². The Kier molecular flexibility index (Phi) is 5.52. The third-order valence-electron chi connectivity index (χ3n) is 2.61. The van der Waals surface area contributed by atoms with Crippen LogP contribution in [0.4, 0.5) is 8.78 Å². The molecule has 1 heterocycles. The van der Waals surface area contributed by atoms with Gasteiger partial charge in [0.25, 0.3) is 0 Å². The monoisotopic (exact) mass is 299 g/mol. The number of benzene rings is 1. The van der Waals surface area contributed by atoms with E-state index in [-0.39, 0.29) is 5.75 Å². The molecule has 1 aromatic carbocycles. The van der Waals surface area contributed by atoms with E-state index in [1.807, 2.05) is 0 Å². The summed E-state index contributed by atoms with van der Waals surface area (Å²) in [4.78, 5) is 0. The quantitative estimate of drug-likeness (QED) is 0.733. The van der Waals surface area contributed by atoms with E-state index in [2.05, 4.69) is 25.6 Å². The summed E-state index contributed by atoms with van der Waals surface area (Å²) in [6, 6.07) is 6.33. The van der Waals surface area contributed by atoms with Gasteiger partial charge in [-0.3, -0.25) is 0 Å². The maximum Gasteiger partial charge on any atom is 0.387 e. The second-order valence-corrected chi connectivity index (χ2v) is 4.02. The van der Waals surface area contributed by atoms with Crippen molar-refractivity contribution in [2.75, 3.05) is 20.3 Å². The van der Waals surface area contributed by atoms with Gasteiger partial charge in [0.05, 0.1) is 13.2 Å². The Balaban J connectivity index is 2.17. The van der Waals surface area contributed by atoms with E-state index in [1.165, 1.54) is 10.7 Å². The molecule has 0 unspecified atom stereocenters. The van der Waals surface area contributed by atoms with Crippen LogP contribution in [-0.2, 0) is 11.3 Å².